The summed E-state index contributed by atoms with van der Waals surface area (Å²) in [4.78, 5) is 9.70. The second kappa shape index (κ2) is 6.68. The van der Waals surface area contributed by atoms with Gasteiger partial charge in [0.05, 0.1) is 12.5 Å². The third-order valence-electron chi connectivity index (χ3n) is 0.604. The van der Waals surface area contributed by atoms with Crippen molar-refractivity contribution in [1.29, 1.82) is 0 Å². The van der Waals surface area contributed by atoms with Crippen LogP contribution in [-0.2, 0) is 14.9 Å². The fourth-order valence-electron chi connectivity index (χ4n) is 0.233. The summed E-state index contributed by atoms with van der Waals surface area (Å²) in [6.45, 7) is -0.791. The molecule has 0 rings (SSSR count). The molecule has 0 bridgehead atoms. The molecule has 0 saturated heterocycles. The number of carbonyl (C=O) groups excluding carboxylic acids is 1. The average Bonchev–Trinajstić information content (AvgIpc) is 1.80. The van der Waals surface area contributed by atoms with Crippen molar-refractivity contribution in [2.75, 3.05) is 6.54 Å². The van der Waals surface area contributed by atoms with Crippen LogP contribution in [0, 0.1) is 0 Å². The highest BCUT2D eigenvalue weighted by molar-refractivity contribution is 8.13. The molecule has 0 aliphatic heterocycles. The lowest BCUT2D eigenvalue weighted by Gasteiger charge is -2.10. The van der Waals surface area contributed by atoms with Crippen LogP contribution in [0.3, 0.4) is 0 Å². The van der Waals surface area contributed by atoms with Crippen LogP contribution >= 0.6 is 12.2 Å². The molecule has 0 heterocycles. The number of hydrogen-bond donors (Lipinski definition) is 3. The topological polar surface area (TPSA) is 182 Å². The SMILES string of the molecule is O=C([O-])CNC(=S)S(=O)(=O)[O-].[NH4+].[NH4+]. The summed E-state index contributed by atoms with van der Waals surface area (Å²) in [5, 5.41) is 11.4. The smallest absolute Gasteiger partial charge is 0.180 e. The number of carboxylic acid groups (broad SMARTS) is 1. The molecule has 0 aromatic rings. The van der Waals surface area contributed by atoms with Gasteiger partial charge in [-0.05, 0) is 12.2 Å². The lowest BCUT2D eigenvalue weighted by atomic mass is 10.7. The quantitative estimate of drug-likeness (QED) is 0.360. The van der Waals surface area contributed by atoms with Crippen LogP contribution in [0.1, 0.15) is 0 Å². The predicted octanol–water partition coefficient (Wildman–Crippen LogP) is -2.09. The van der Waals surface area contributed by atoms with Crippen molar-refractivity contribution in [1.82, 2.24) is 17.6 Å². The monoisotopic (exact) mass is 233 g/mol. The normalized spacial score (nSPS) is 9.00. The Morgan fingerprint density at radius 2 is 1.77 bits per heavy atom. The molecule has 80 valence electrons. The van der Waals surface area contributed by atoms with Crippen LogP contribution in [0.25, 0.3) is 0 Å². The van der Waals surface area contributed by atoms with E-state index in [1.54, 1.807) is 5.32 Å². The van der Waals surface area contributed by atoms with Crippen molar-refractivity contribution in [3.63, 3.8) is 0 Å². The van der Waals surface area contributed by atoms with E-state index in [1.165, 1.54) is 0 Å². The maximum Gasteiger partial charge on any atom is 0.180 e. The number of carbonyl (C=O) groups is 1. The van der Waals surface area contributed by atoms with E-state index >= 15 is 0 Å². The van der Waals surface area contributed by atoms with E-state index < -0.39 is 27.0 Å². The fraction of sp³-hybridized carbons (Fsp3) is 0.333. The van der Waals surface area contributed by atoms with Crippen molar-refractivity contribution in [2.24, 2.45) is 0 Å². The number of hydrogen-bond acceptors (Lipinski definition) is 6. The van der Waals surface area contributed by atoms with Gasteiger partial charge in [0.1, 0.15) is 0 Å². The number of nitrogens with one attached hydrogen (secondary N) is 1. The van der Waals surface area contributed by atoms with Crippen LogP contribution in [0.4, 0.5) is 0 Å². The number of aliphatic carboxylic acids is 1. The second-order valence-corrected chi connectivity index (χ2v) is 3.45. The standard InChI is InChI=1S/C3H5NO5S2.2H3N/c5-2(6)1-4-3(10)11(7,8)9;;/h1H2,(H,4,10)(H,5,6)(H,7,8,9);2*1H3. The lowest BCUT2D eigenvalue weighted by molar-refractivity contribution is -0.303. The molecule has 0 spiro atoms. The molecule has 0 amide bonds. The third kappa shape index (κ3) is 9.10. The molecule has 0 aromatic heterocycles. The van der Waals surface area contributed by atoms with Crippen molar-refractivity contribution >= 4 is 32.6 Å². The highest BCUT2D eigenvalue weighted by atomic mass is 32.2. The van der Waals surface area contributed by atoms with Crippen molar-refractivity contribution in [3.8, 4) is 0 Å². The molecule has 0 fully saturated rings. The minimum Gasteiger partial charge on any atom is -0.742 e. The molecular weight excluding hydrogens is 222 g/mol. The number of carboxylic acids is 1. The Kier molecular flexibility index (Phi) is 9.28. The van der Waals surface area contributed by atoms with Gasteiger partial charge in [-0.3, -0.25) is 0 Å². The Labute approximate surface area is 80.2 Å². The Hall–Kier alpha value is -0.810. The van der Waals surface area contributed by atoms with Gasteiger partial charge in [-0.1, -0.05) is 0 Å². The molecule has 0 saturated carbocycles. The van der Waals surface area contributed by atoms with E-state index in [4.69, 9.17) is 0 Å². The van der Waals surface area contributed by atoms with Crippen LogP contribution < -0.4 is 22.7 Å². The van der Waals surface area contributed by atoms with E-state index in [1.807, 2.05) is 0 Å². The summed E-state index contributed by atoms with van der Waals surface area (Å²) in [6.07, 6.45) is 0. The first-order valence-electron chi connectivity index (χ1n) is 2.27. The number of thiocarbonyl (C=S) groups is 1. The second-order valence-electron chi connectivity index (χ2n) is 1.47. The largest absolute Gasteiger partial charge is 0.742 e. The van der Waals surface area contributed by atoms with Gasteiger partial charge in [-0.25, -0.2) is 8.42 Å². The molecular formula is C3H11N3O5S2. The summed E-state index contributed by atoms with van der Waals surface area (Å²) in [5.74, 6) is -1.55. The van der Waals surface area contributed by atoms with Gasteiger partial charge in [0.25, 0.3) is 0 Å². The molecule has 0 unspecified atom stereocenters. The predicted molar refractivity (Wildman–Crippen MR) is 47.3 cm³/mol. The first kappa shape index (κ1) is 18.1. The Bertz CT molecular complexity index is 273. The highest BCUT2D eigenvalue weighted by Crippen LogP contribution is 1.83. The van der Waals surface area contributed by atoms with Gasteiger partial charge in [0.2, 0.25) is 0 Å². The van der Waals surface area contributed by atoms with Crippen LogP contribution in [0.5, 0.6) is 0 Å². The minimum atomic E-state index is -4.72. The van der Waals surface area contributed by atoms with E-state index in [0.717, 1.165) is 0 Å². The number of quaternary nitrogens is 2. The van der Waals surface area contributed by atoms with E-state index in [-0.39, 0.29) is 12.3 Å². The van der Waals surface area contributed by atoms with Gasteiger partial charge in [0.15, 0.2) is 14.4 Å². The molecule has 0 aliphatic carbocycles. The van der Waals surface area contributed by atoms with E-state index in [9.17, 15) is 22.9 Å². The Morgan fingerprint density at radius 3 is 2.00 bits per heavy atom. The highest BCUT2D eigenvalue weighted by Gasteiger charge is 2.02. The zero-order chi connectivity index (χ0) is 9.07. The van der Waals surface area contributed by atoms with Crippen molar-refractivity contribution < 1.29 is 22.9 Å². The molecule has 0 radical (unpaired) electrons. The Balaban J connectivity index is -0.000000500. The first-order chi connectivity index (χ1) is 4.84. The molecule has 9 N–H and O–H groups in total. The maximum atomic E-state index is 9.97. The summed E-state index contributed by atoms with van der Waals surface area (Å²) in [5.41, 5.74) is 0. The first-order valence-corrected chi connectivity index (χ1v) is 4.09. The Morgan fingerprint density at radius 1 is 1.38 bits per heavy atom. The van der Waals surface area contributed by atoms with Gasteiger partial charge < -0.3 is 32.1 Å². The van der Waals surface area contributed by atoms with E-state index in [0.29, 0.717) is 0 Å². The summed E-state index contributed by atoms with van der Waals surface area (Å²) >= 11 is 4.01. The van der Waals surface area contributed by atoms with Gasteiger partial charge in [-0.15, -0.1) is 0 Å². The molecule has 13 heavy (non-hydrogen) atoms. The summed E-state index contributed by atoms with van der Waals surface area (Å²) < 4.78 is 28.9. The van der Waals surface area contributed by atoms with Crippen LogP contribution in [0.15, 0.2) is 0 Å². The van der Waals surface area contributed by atoms with E-state index in [2.05, 4.69) is 12.2 Å². The summed E-state index contributed by atoms with van der Waals surface area (Å²) in [7, 11) is -4.72. The van der Waals surface area contributed by atoms with Gasteiger partial charge in [-0.2, -0.15) is 0 Å². The maximum absolute atomic E-state index is 9.97. The molecule has 0 atom stereocenters. The van der Waals surface area contributed by atoms with Gasteiger partial charge in [0, 0.05) is 0 Å². The van der Waals surface area contributed by atoms with Crippen molar-refractivity contribution in [2.45, 2.75) is 0 Å². The minimum absolute atomic E-state index is 0. The summed E-state index contributed by atoms with van der Waals surface area (Å²) in [6, 6.07) is 0. The lowest BCUT2D eigenvalue weighted by Crippen LogP contribution is -2.39. The third-order valence-corrected chi connectivity index (χ3v) is 1.96. The zero-order valence-corrected chi connectivity index (χ0v) is 8.70. The number of rotatable bonds is 2. The average molecular weight is 233 g/mol. The zero-order valence-electron chi connectivity index (χ0n) is 7.06. The molecule has 8 nitrogen and oxygen atoms in total. The molecule has 10 heteroatoms. The molecule has 0 aromatic carbocycles. The molecule has 0 aliphatic rings. The van der Waals surface area contributed by atoms with Crippen LogP contribution in [0.2, 0.25) is 0 Å². The fourth-order valence-corrected chi connectivity index (χ4v) is 0.554. The van der Waals surface area contributed by atoms with Gasteiger partial charge >= 0.3 is 0 Å². The van der Waals surface area contributed by atoms with Crippen LogP contribution in [-0.4, -0.2) is 29.8 Å². The van der Waals surface area contributed by atoms with Crippen molar-refractivity contribution in [3.05, 3.63) is 0 Å².